The fraction of sp³-hybridized carbons (Fsp3) is 0.0435. The number of hydrogen-bond donors (Lipinski definition) is 0. The Morgan fingerprint density at radius 3 is 1.45 bits per heavy atom. The van der Waals surface area contributed by atoms with E-state index in [1.54, 1.807) is 0 Å². The predicted octanol–water partition coefficient (Wildman–Crippen LogP) is 18.4. The second kappa shape index (κ2) is 15.8. The molecule has 0 spiro atoms. The molecule has 0 unspecified atom stereocenters. The van der Waals surface area contributed by atoms with Crippen LogP contribution in [0.4, 0.5) is 0 Å². The zero-order valence-electron chi connectivity index (χ0n) is 38.2. The van der Waals surface area contributed by atoms with Gasteiger partial charge in [0.05, 0.1) is 5.41 Å². The van der Waals surface area contributed by atoms with Gasteiger partial charge in [0.1, 0.15) is 0 Å². The Labute approximate surface area is 403 Å². The maximum atomic E-state index is 2.51. The molecule has 11 aromatic carbocycles. The molecule has 0 heteroatoms. The number of rotatable bonds is 7. The molecular weight excluding hydrogens is 829 g/mol. The fourth-order valence-electron chi connectivity index (χ4n) is 12.5. The lowest BCUT2D eigenvalue weighted by Crippen LogP contribution is -2.28. The molecule has 0 saturated heterocycles. The molecule has 0 bridgehead atoms. The molecule has 0 nitrogen and oxygen atoms in total. The van der Waals surface area contributed by atoms with E-state index in [0.29, 0.717) is 0 Å². The second-order valence-electron chi connectivity index (χ2n) is 18.9. The minimum Gasteiger partial charge on any atom is -0.0836 e. The van der Waals surface area contributed by atoms with E-state index in [9.17, 15) is 0 Å². The molecule has 69 heavy (non-hydrogen) atoms. The molecule has 3 aliphatic carbocycles. The molecule has 0 aliphatic heterocycles. The zero-order valence-corrected chi connectivity index (χ0v) is 38.2. The highest BCUT2D eigenvalue weighted by molar-refractivity contribution is 6.28. The Balaban J connectivity index is 1.06. The zero-order chi connectivity index (χ0) is 45.5. The molecule has 322 valence electrons. The Bertz CT molecular complexity index is 3860. The summed E-state index contributed by atoms with van der Waals surface area (Å²) in [5, 5.41) is 5.17. The van der Waals surface area contributed by atoms with Gasteiger partial charge in [-0.2, -0.15) is 0 Å². The van der Waals surface area contributed by atoms with Crippen molar-refractivity contribution in [3.05, 3.63) is 283 Å². The average Bonchev–Trinajstić information content (AvgIpc) is 3.92. The van der Waals surface area contributed by atoms with Gasteiger partial charge in [-0.15, -0.1) is 0 Å². The molecular formula is C69H46. The van der Waals surface area contributed by atoms with E-state index in [-0.39, 0.29) is 0 Å². The van der Waals surface area contributed by atoms with Gasteiger partial charge in [-0.3, -0.25) is 0 Å². The SMILES string of the molecule is C1=CC(c2c3c(c(-c4ccccc4)c4cc(-c5ccccc5)c(-c5ccccc5)cc24)-c2cccc4c(-c5ccc6c(c5)-c5ccccc5C6(c5ccccc5)c5ccccc5)ccc-3c24)=CCC1. The van der Waals surface area contributed by atoms with Crippen LogP contribution in [0.5, 0.6) is 0 Å². The third-order valence-corrected chi connectivity index (χ3v) is 15.3. The van der Waals surface area contributed by atoms with Crippen molar-refractivity contribution in [1.82, 2.24) is 0 Å². The summed E-state index contributed by atoms with van der Waals surface area (Å²) < 4.78 is 0. The smallest absolute Gasteiger partial charge is 0.0713 e. The Morgan fingerprint density at radius 1 is 0.290 bits per heavy atom. The normalized spacial score (nSPS) is 13.8. The quantitative estimate of drug-likeness (QED) is 0.150. The molecule has 0 saturated carbocycles. The first-order valence-electron chi connectivity index (χ1n) is 24.4. The number of benzene rings is 11. The molecule has 3 aliphatic rings. The van der Waals surface area contributed by atoms with Crippen LogP contribution in [-0.4, -0.2) is 0 Å². The van der Waals surface area contributed by atoms with Crippen LogP contribution in [0, 0.1) is 0 Å². The average molecular weight is 875 g/mol. The lowest BCUT2D eigenvalue weighted by Gasteiger charge is -2.33. The van der Waals surface area contributed by atoms with Gasteiger partial charge in [0.2, 0.25) is 0 Å². The molecule has 0 radical (unpaired) electrons. The summed E-state index contributed by atoms with van der Waals surface area (Å²) in [6.45, 7) is 0. The first kappa shape index (κ1) is 39.6. The van der Waals surface area contributed by atoms with Gasteiger partial charge in [-0.25, -0.2) is 0 Å². The van der Waals surface area contributed by atoms with Crippen molar-refractivity contribution in [2.45, 2.75) is 18.3 Å². The first-order valence-corrected chi connectivity index (χ1v) is 24.4. The molecule has 0 fully saturated rings. The van der Waals surface area contributed by atoms with Crippen LogP contribution >= 0.6 is 0 Å². The molecule has 0 heterocycles. The van der Waals surface area contributed by atoms with Crippen molar-refractivity contribution in [1.29, 1.82) is 0 Å². The van der Waals surface area contributed by atoms with Crippen LogP contribution < -0.4 is 0 Å². The van der Waals surface area contributed by atoms with Crippen LogP contribution in [-0.2, 0) is 5.41 Å². The topological polar surface area (TPSA) is 0 Å². The van der Waals surface area contributed by atoms with E-state index in [4.69, 9.17) is 0 Å². The highest BCUT2D eigenvalue weighted by atomic mass is 14.5. The van der Waals surface area contributed by atoms with Gasteiger partial charge in [0.25, 0.3) is 0 Å². The summed E-state index contributed by atoms with van der Waals surface area (Å²) in [7, 11) is 0. The maximum Gasteiger partial charge on any atom is 0.0713 e. The van der Waals surface area contributed by atoms with Crippen LogP contribution in [0.25, 0.3) is 105 Å². The van der Waals surface area contributed by atoms with E-state index in [1.807, 2.05) is 0 Å². The minimum atomic E-state index is -0.439. The largest absolute Gasteiger partial charge is 0.0836 e. The first-order chi connectivity index (χ1) is 34.3. The number of fused-ring (bicyclic) bond motifs is 7. The summed E-state index contributed by atoms with van der Waals surface area (Å²) in [5.74, 6) is 0. The van der Waals surface area contributed by atoms with Gasteiger partial charge in [-0.1, -0.05) is 237 Å². The lowest BCUT2D eigenvalue weighted by molar-refractivity contribution is 0.768. The third-order valence-electron chi connectivity index (χ3n) is 15.3. The van der Waals surface area contributed by atoms with Gasteiger partial charge in [-0.05, 0) is 164 Å². The predicted molar refractivity (Wildman–Crippen MR) is 291 cm³/mol. The highest BCUT2D eigenvalue weighted by Crippen LogP contribution is 2.60. The molecule has 11 aromatic rings. The third kappa shape index (κ3) is 5.89. The Morgan fingerprint density at radius 2 is 0.812 bits per heavy atom. The second-order valence-corrected chi connectivity index (χ2v) is 18.9. The summed E-state index contributed by atoms with van der Waals surface area (Å²) >= 11 is 0. The number of allylic oxidation sites excluding steroid dienone is 4. The molecule has 0 N–H and O–H groups in total. The van der Waals surface area contributed by atoms with E-state index >= 15 is 0 Å². The summed E-state index contributed by atoms with van der Waals surface area (Å²) in [6.07, 6.45) is 9.31. The van der Waals surface area contributed by atoms with Crippen molar-refractivity contribution < 1.29 is 0 Å². The standard InChI is InChI=1S/C69H46/c1-7-22-45(23-8-1)57-43-60-61(44-58(57)46-24-9-2-10-25-46)65(48-28-13-4-14-29-48)68-56-40-39-52(54-35-21-36-55(66(54)56)67(68)64(60)47-26-11-3-12-27-47)49-38-41-63-59(42-49)53-34-19-20-37-62(53)69(63,50-30-15-5-16-31-50)51-32-17-6-18-33-51/h1-3,5-13,15-44H,4,14H2. The van der Waals surface area contributed by atoms with Crippen molar-refractivity contribution in [2.24, 2.45) is 0 Å². The van der Waals surface area contributed by atoms with Crippen LogP contribution in [0.15, 0.2) is 255 Å². The fourth-order valence-corrected chi connectivity index (χ4v) is 12.5. The molecule has 14 rings (SSSR count). The lowest BCUT2D eigenvalue weighted by atomic mass is 9.67. The monoisotopic (exact) mass is 874 g/mol. The van der Waals surface area contributed by atoms with Crippen molar-refractivity contribution >= 4 is 27.1 Å². The van der Waals surface area contributed by atoms with Gasteiger partial charge < -0.3 is 0 Å². The van der Waals surface area contributed by atoms with E-state index in [2.05, 4.69) is 255 Å². The van der Waals surface area contributed by atoms with Crippen molar-refractivity contribution in [3.63, 3.8) is 0 Å². The summed E-state index contributed by atoms with van der Waals surface area (Å²) in [6, 6.07) is 88.6. The molecule has 0 atom stereocenters. The van der Waals surface area contributed by atoms with E-state index in [0.717, 1.165) is 12.8 Å². The van der Waals surface area contributed by atoms with E-state index in [1.165, 1.54) is 133 Å². The van der Waals surface area contributed by atoms with Gasteiger partial charge >= 0.3 is 0 Å². The van der Waals surface area contributed by atoms with Crippen LogP contribution in [0.2, 0.25) is 0 Å². The summed E-state index contributed by atoms with van der Waals surface area (Å²) in [4.78, 5) is 0. The Hall–Kier alpha value is -8.58. The van der Waals surface area contributed by atoms with Crippen LogP contribution in [0.3, 0.4) is 0 Å². The highest BCUT2D eigenvalue weighted by Gasteiger charge is 2.46. The van der Waals surface area contributed by atoms with Gasteiger partial charge in [0.15, 0.2) is 0 Å². The van der Waals surface area contributed by atoms with Crippen molar-refractivity contribution in [3.8, 4) is 77.9 Å². The van der Waals surface area contributed by atoms with Gasteiger partial charge in [0, 0.05) is 0 Å². The maximum absolute atomic E-state index is 2.51. The molecule has 0 aromatic heterocycles. The van der Waals surface area contributed by atoms with Crippen LogP contribution in [0.1, 0.15) is 40.7 Å². The molecule has 0 amide bonds. The number of hydrogen-bond acceptors (Lipinski definition) is 0. The Kier molecular flexibility index (Phi) is 9.04. The summed E-state index contributed by atoms with van der Waals surface area (Å²) in [5.41, 5.74) is 25.2. The van der Waals surface area contributed by atoms with Crippen molar-refractivity contribution in [2.75, 3.05) is 0 Å². The van der Waals surface area contributed by atoms with E-state index < -0.39 is 5.41 Å². The minimum absolute atomic E-state index is 0.439.